The maximum atomic E-state index is 12.4. The lowest BCUT2D eigenvalue weighted by Gasteiger charge is -2.13. The number of rotatable bonds is 3. The van der Waals surface area contributed by atoms with Crippen molar-refractivity contribution < 1.29 is 9.90 Å². The molecule has 0 atom stereocenters. The van der Waals surface area contributed by atoms with Gasteiger partial charge in [-0.05, 0) is 35.7 Å². The van der Waals surface area contributed by atoms with Crippen LogP contribution in [0.1, 0.15) is 10.4 Å². The lowest BCUT2D eigenvalue weighted by molar-refractivity contribution is 0.102. The highest BCUT2D eigenvalue weighted by molar-refractivity contribution is 6.09. The molecule has 0 aliphatic rings. The summed E-state index contributed by atoms with van der Waals surface area (Å²) in [7, 11) is 3.92. The van der Waals surface area contributed by atoms with Crippen molar-refractivity contribution in [3.8, 4) is 5.75 Å². The van der Waals surface area contributed by atoms with Crippen molar-refractivity contribution in [2.24, 2.45) is 0 Å². The van der Waals surface area contributed by atoms with E-state index in [4.69, 9.17) is 0 Å². The van der Waals surface area contributed by atoms with Crippen LogP contribution in [-0.2, 0) is 0 Å². The van der Waals surface area contributed by atoms with E-state index in [0.29, 0.717) is 11.1 Å². The topological polar surface area (TPSA) is 52.6 Å². The number of nitrogens with zero attached hydrogens (tertiary/aromatic N) is 1. The van der Waals surface area contributed by atoms with Crippen molar-refractivity contribution in [3.63, 3.8) is 0 Å². The summed E-state index contributed by atoms with van der Waals surface area (Å²) >= 11 is 0. The number of hydrogen-bond donors (Lipinski definition) is 2. The third-order valence-corrected chi connectivity index (χ3v) is 3.79. The summed E-state index contributed by atoms with van der Waals surface area (Å²) in [6.45, 7) is 0. The largest absolute Gasteiger partial charge is 0.506 e. The number of phenols is 1. The third-order valence-electron chi connectivity index (χ3n) is 3.79. The number of carbonyl (C=O) groups excluding carboxylic acids is 1. The number of carbonyl (C=O) groups is 1. The van der Waals surface area contributed by atoms with Crippen LogP contribution in [0.5, 0.6) is 5.75 Å². The molecule has 0 spiro atoms. The number of fused-ring (bicyclic) bond motifs is 1. The molecule has 4 nitrogen and oxygen atoms in total. The molecule has 3 aromatic rings. The van der Waals surface area contributed by atoms with Gasteiger partial charge in [-0.1, -0.05) is 30.3 Å². The van der Waals surface area contributed by atoms with Crippen LogP contribution in [0.15, 0.2) is 60.7 Å². The number of benzene rings is 3. The Morgan fingerprint density at radius 2 is 1.65 bits per heavy atom. The molecule has 0 fully saturated rings. The first-order chi connectivity index (χ1) is 11.1. The summed E-state index contributed by atoms with van der Waals surface area (Å²) in [5, 5.41) is 14.7. The van der Waals surface area contributed by atoms with Crippen molar-refractivity contribution in [3.05, 3.63) is 66.2 Å². The minimum Gasteiger partial charge on any atom is -0.506 e. The summed E-state index contributed by atoms with van der Waals surface area (Å²) in [6.07, 6.45) is 0. The average Bonchev–Trinajstić information content (AvgIpc) is 2.56. The second-order valence-electron chi connectivity index (χ2n) is 5.58. The summed E-state index contributed by atoms with van der Waals surface area (Å²) in [4.78, 5) is 14.4. The van der Waals surface area contributed by atoms with Gasteiger partial charge in [-0.2, -0.15) is 0 Å². The number of nitrogens with one attached hydrogen (secondary N) is 1. The number of amides is 1. The maximum absolute atomic E-state index is 12.4. The minimum atomic E-state index is -0.328. The van der Waals surface area contributed by atoms with Crippen molar-refractivity contribution >= 4 is 28.1 Å². The zero-order chi connectivity index (χ0) is 16.4. The molecule has 0 saturated carbocycles. The molecular formula is C19H18N2O2. The van der Waals surface area contributed by atoms with E-state index >= 15 is 0 Å². The van der Waals surface area contributed by atoms with E-state index in [1.807, 2.05) is 67.5 Å². The molecule has 4 heteroatoms. The Bertz CT molecular complexity index is 855. The van der Waals surface area contributed by atoms with Crippen LogP contribution in [0, 0.1) is 0 Å². The van der Waals surface area contributed by atoms with E-state index in [-0.39, 0.29) is 17.2 Å². The van der Waals surface area contributed by atoms with Gasteiger partial charge in [0.05, 0.1) is 5.56 Å². The van der Waals surface area contributed by atoms with E-state index in [9.17, 15) is 9.90 Å². The van der Waals surface area contributed by atoms with Crippen molar-refractivity contribution in [1.82, 2.24) is 0 Å². The van der Waals surface area contributed by atoms with Gasteiger partial charge in [0.25, 0.3) is 5.91 Å². The van der Waals surface area contributed by atoms with Crippen LogP contribution in [-0.4, -0.2) is 25.1 Å². The molecule has 0 radical (unpaired) electrons. The fraction of sp³-hybridized carbons (Fsp3) is 0.105. The molecule has 1 amide bonds. The Morgan fingerprint density at radius 1 is 0.957 bits per heavy atom. The molecule has 3 rings (SSSR count). The zero-order valence-corrected chi connectivity index (χ0v) is 13.1. The van der Waals surface area contributed by atoms with Gasteiger partial charge in [0.15, 0.2) is 0 Å². The quantitative estimate of drug-likeness (QED) is 0.772. The van der Waals surface area contributed by atoms with Gasteiger partial charge < -0.3 is 15.3 Å². The molecule has 0 bridgehead atoms. The van der Waals surface area contributed by atoms with Crippen molar-refractivity contribution in [1.29, 1.82) is 0 Å². The zero-order valence-electron chi connectivity index (χ0n) is 13.1. The minimum absolute atomic E-state index is 0.00510. The highest BCUT2D eigenvalue weighted by Gasteiger charge is 2.13. The fourth-order valence-corrected chi connectivity index (χ4v) is 2.48. The predicted octanol–water partition coefficient (Wildman–Crippen LogP) is 3.86. The molecule has 3 aromatic carbocycles. The van der Waals surface area contributed by atoms with Gasteiger partial charge in [0.1, 0.15) is 5.75 Å². The number of phenolic OH excluding ortho intramolecular Hbond substituents is 1. The van der Waals surface area contributed by atoms with Gasteiger partial charge in [-0.3, -0.25) is 4.79 Å². The lowest BCUT2D eigenvalue weighted by atomic mass is 10.0. The predicted molar refractivity (Wildman–Crippen MR) is 94.3 cm³/mol. The Hall–Kier alpha value is -3.01. The molecule has 116 valence electrons. The first kappa shape index (κ1) is 14.9. The summed E-state index contributed by atoms with van der Waals surface area (Å²) in [5.74, 6) is -0.323. The van der Waals surface area contributed by atoms with Crippen LogP contribution in [0.25, 0.3) is 10.8 Å². The normalized spacial score (nSPS) is 10.5. The van der Waals surface area contributed by atoms with Gasteiger partial charge in [0.2, 0.25) is 0 Å². The van der Waals surface area contributed by atoms with Gasteiger partial charge in [-0.15, -0.1) is 0 Å². The summed E-state index contributed by atoms with van der Waals surface area (Å²) in [5.41, 5.74) is 2.00. The molecular weight excluding hydrogens is 288 g/mol. The highest BCUT2D eigenvalue weighted by atomic mass is 16.3. The van der Waals surface area contributed by atoms with Crippen molar-refractivity contribution in [2.45, 2.75) is 0 Å². The van der Waals surface area contributed by atoms with Gasteiger partial charge >= 0.3 is 0 Å². The molecule has 0 saturated heterocycles. The summed E-state index contributed by atoms with van der Waals surface area (Å²) in [6, 6.07) is 18.4. The maximum Gasteiger partial charge on any atom is 0.259 e. The first-order valence-electron chi connectivity index (χ1n) is 7.36. The number of aromatic hydroxyl groups is 1. The lowest BCUT2D eigenvalue weighted by Crippen LogP contribution is -2.13. The van der Waals surface area contributed by atoms with Crippen LogP contribution in [0.2, 0.25) is 0 Å². The van der Waals surface area contributed by atoms with E-state index in [1.165, 1.54) is 0 Å². The second kappa shape index (κ2) is 6.01. The molecule has 0 heterocycles. The standard InChI is InChI=1S/C19H18N2O2/c1-21(2)15-10-8-14(9-11-15)20-19(23)17-12-7-13-5-3-4-6-16(13)18(17)22/h3-12,22H,1-2H3,(H,20,23). The van der Waals surface area contributed by atoms with Gasteiger partial charge in [0, 0.05) is 30.9 Å². The van der Waals surface area contributed by atoms with E-state index in [0.717, 1.165) is 11.1 Å². The molecule has 0 aliphatic carbocycles. The van der Waals surface area contributed by atoms with E-state index in [2.05, 4.69) is 5.32 Å². The number of anilines is 2. The first-order valence-corrected chi connectivity index (χ1v) is 7.36. The SMILES string of the molecule is CN(C)c1ccc(NC(=O)c2ccc3ccccc3c2O)cc1. The molecule has 0 aliphatic heterocycles. The molecule has 0 unspecified atom stereocenters. The smallest absolute Gasteiger partial charge is 0.259 e. The van der Waals surface area contributed by atoms with Crippen LogP contribution >= 0.6 is 0 Å². The Kier molecular flexibility index (Phi) is 3.89. The monoisotopic (exact) mass is 306 g/mol. The van der Waals surface area contributed by atoms with Crippen LogP contribution < -0.4 is 10.2 Å². The van der Waals surface area contributed by atoms with Crippen LogP contribution in [0.4, 0.5) is 11.4 Å². The van der Waals surface area contributed by atoms with E-state index in [1.54, 1.807) is 12.1 Å². The Balaban J connectivity index is 1.87. The average molecular weight is 306 g/mol. The summed E-state index contributed by atoms with van der Waals surface area (Å²) < 4.78 is 0. The number of hydrogen-bond acceptors (Lipinski definition) is 3. The highest BCUT2D eigenvalue weighted by Crippen LogP contribution is 2.29. The van der Waals surface area contributed by atoms with Crippen molar-refractivity contribution in [2.75, 3.05) is 24.3 Å². The third kappa shape index (κ3) is 2.97. The molecule has 2 N–H and O–H groups in total. The second-order valence-corrected chi connectivity index (χ2v) is 5.58. The van der Waals surface area contributed by atoms with E-state index < -0.39 is 0 Å². The van der Waals surface area contributed by atoms with Crippen LogP contribution in [0.3, 0.4) is 0 Å². The molecule has 23 heavy (non-hydrogen) atoms. The Labute approximate surface area is 135 Å². The Morgan fingerprint density at radius 3 is 2.35 bits per heavy atom. The van der Waals surface area contributed by atoms with Gasteiger partial charge in [-0.25, -0.2) is 0 Å². The molecule has 0 aromatic heterocycles. The fourth-order valence-electron chi connectivity index (χ4n) is 2.48.